The van der Waals surface area contributed by atoms with E-state index in [4.69, 9.17) is 0 Å². The molecule has 2 rings (SSSR count). The van der Waals surface area contributed by atoms with Crippen LogP contribution in [0.5, 0.6) is 0 Å². The van der Waals surface area contributed by atoms with Gasteiger partial charge in [0.1, 0.15) is 5.82 Å². The molecule has 112 valence electrons. The summed E-state index contributed by atoms with van der Waals surface area (Å²) in [7, 11) is 0. The first-order chi connectivity index (χ1) is 10.2. The van der Waals surface area contributed by atoms with Gasteiger partial charge in [-0.15, -0.1) is 0 Å². The topological polar surface area (TPSA) is 24.9 Å². The number of nitrogens with one attached hydrogen (secondary N) is 1. The van der Waals surface area contributed by atoms with Crippen LogP contribution in [0.2, 0.25) is 0 Å². The van der Waals surface area contributed by atoms with Crippen LogP contribution in [-0.2, 0) is 12.8 Å². The lowest BCUT2D eigenvalue weighted by Gasteiger charge is -2.18. The van der Waals surface area contributed by atoms with Crippen molar-refractivity contribution < 1.29 is 4.39 Å². The van der Waals surface area contributed by atoms with E-state index in [9.17, 15) is 4.39 Å². The molecule has 4 heteroatoms. The monoisotopic (exact) mass is 350 g/mol. The van der Waals surface area contributed by atoms with Crippen LogP contribution in [0.25, 0.3) is 0 Å². The van der Waals surface area contributed by atoms with Crippen molar-refractivity contribution in [1.29, 1.82) is 0 Å². The van der Waals surface area contributed by atoms with Crippen LogP contribution in [-0.4, -0.2) is 17.6 Å². The van der Waals surface area contributed by atoms with Gasteiger partial charge in [-0.05, 0) is 61.7 Å². The first-order valence-corrected chi connectivity index (χ1v) is 8.05. The number of nitrogens with zero attached hydrogens (tertiary/aromatic N) is 1. The predicted molar refractivity (Wildman–Crippen MR) is 87.8 cm³/mol. The van der Waals surface area contributed by atoms with Crippen molar-refractivity contribution in [2.24, 2.45) is 0 Å². The fraction of sp³-hybridized carbons (Fsp3) is 0.353. The van der Waals surface area contributed by atoms with Crippen LogP contribution in [0.4, 0.5) is 4.39 Å². The molecule has 1 heterocycles. The molecular formula is C17H20BrFN2. The number of likely N-dealkylation sites (N-methyl/N-ethyl adjacent to an activating group) is 1. The molecule has 1 aromatic carbocycles. The van der Waals surface area contributed by atoms with Gasteiger partial charge in [-0.3, -0.25) is 4.98 Å². The predicted octanol–water partition coefficient (Wildman–Crippen LogP) is 4.14. The summed E-state index contributed by atoms with van der Waals surface area (Å²) in [5.41, 5.74) is 2.11. The average Bonchev–Trinajstić information content (AvgIpc) is 2.45. The van der Waals surface area contributed by atoms with E-state index in [1.807, 2.05) is 30.5 Å². The lowest BCUT2D eigenvalue weighted by molar-refractivity contribution is 0.487. The van der Waals surface area contributed by atoms with Crippen molar-refractivity contribution in [3.63, 3.8) is 0 Å². The van der Waals surface area contributed by atoms with Crippen molar-refractivity contribution in [1.82, 2.24) is 10.3 Å². The summed E-state index contributed by atoms with van der Waals surface area (Å²) in [5.74, 6) is -0.195. The van der Waals surface area contributed by atoms with E-state index in [1.54, 1.807) is 6.07 Å². The van der Waals surface area contributed by atoms with Gasteiger partial charge < -0.3 is 5.32 Å². The molecule has 0 saturated heterocycles. The Morgan fingerprint density at radius 1 is 1.29 bits per heavy atom. The maximum absolute atomic E-state index is 13.5. The second kappa shape index (κ2) is 8.25. The normalized spacial score (nSPS) is 12.3. The Kier molecular flexibility index (Phi) is 6.33. The Morgan fingerprint density at radius 2 is 2.14 bits per heavy atom. The smallest absolute Gasteiger partial charge is 0.124 e. The van der Waals surface area contributed by atoms with E-state index in [0.717, 1.165) is 41.5 Å². The molecule has 0 spiro atoms. The van der Waals surface area contributed by atoms with Gasteiger partial charge in [0.2, 0.25) is 0 Å². The molecule has 0 fully saturated rings. The zero-order chi connectivity index (χ0) is 15.1. The first kappa shape index (κ1) is 16.1. The van der Waals surface area contributed by atoms with E-state index < -0.39 is 0 Å². The van der Waals surface area contributed by atoms with Crippen molar-refractivity contribution in [3.8, 4) is 0 Å². The molecule has 2 aromatic rings. The molecule has 0 aliphatic rings. The fourth-order valence-corrected chi connectivity index (χ4v) is 2.96. The van der Waals surface area contributed by atoms with Gasteiger partial charge in [-0.2, -0.15) is 0 Å². The number of hydrogen-bond acceptors (Lipinski definition) is 2. The number of benzene rings is 1. The van der Waals surface area contributed by atoms with Crippen LogP contribution >= 0.6 is 15.9 Å². The summed E-state index contributed by atoms with van der Waals surface area (Å²) in [6.07, 6.45) is 4.55. The molecule has 21 heavy (non-hydrogen) atoms. The minimum atomic E-state index is -0.195. The number of halogens is 2. The SMILES string of the molecule is CCNC(CCc1ccccn1)Cc1cc(F)cc(Br)c1. The van der Waals surface area contributed by atoms with Crippen molar-refractivity contribution in [2.45, 2.75) is 32.2 Å². The molecule has 1 atom stereocenters. The molecule has 0 bridgehead atoms. The highest BCUT2D eigenvalue weighted by atomic mass is 79.9. The third kappa shape index (κ3) is 5.56. The van der Waals surface area contributed by atoms with Crippen molar-refractivity contribution >= 4 is 15.9 Å². The minimum absolute atomic E-state index is 0.195. The van der Waals surface area contributed by atoms with E-state index in [1.165, 1.54) is 6.07 Å². The van der Waals surface area contributed by atoms with Gasteiger partial charge in [0.25, 0.3) is 0 Å². The minimum Gasteiger partial charge on any atom is -0.314 e. The summed E-state index contributed by atoms with van der Waals surface area (Å²) >= 11 is 3.35. The van der Waals surface area contributed by atoms with Gasteiger partial charge in [0.05, 0.1) is 0 Å². The number of aryl methyl sites for hydroxylation is 1. The van der Waals surface area contributed by atoms with Gasteiger partial charge in [-0.1, -0.05) is 28.9 Å². The Morgan fingerprint density at radius 3 is 2.81 bits per heavy atom. The Bertz CT molecular complexity index is 540. The number of hydrogen-bond donors (Lipinski definition) is 1. The zero-order valence-electron chi connectivity index (χ0n) is 12.2. The second-order valence-electron chi connectivity index (χ2n) is 5.10. The van der Waals surface area contributed by atoms with Gasteiger partial charge in [0.15, 0.2) is 0 Å². The largest absolute Gasteiger partial charge is 0.314 e. The Labute approximate surface area is 133 Å². The molecule has 0 radical (unpaired) electrons. The summed E-state index contributed by atoms with van der Waals surface area (Å²) in [6.45, 7) is 3.00. The van der Waals surface area contributed by atoms with E-state index in [2.05, 4.69) is 33.2 Å². The van der Waals surface area contributed by atoms with Gasteiger partial charge >= 0.3 is 0 Å². The maximum atomic E-state index is 13.5. The summed E-state index contributed by atoms with van der Waals surface area (Å²) in [4.78, 5) is 4.35. The van der Waals surface area contributed by atoms with Crippen LogP contribution in [0.15, 0.2) is 47.1 Å². The maximum Gasteiger partial charge on any atom is 0.124 e. The fourth-order valence-electron chi connectivity index (χ4n) is 2.45. The van der Waals surface area contributed by atoms with E-state index in [0.29, 0.717) is 6.04 Å². The summed E-state index contributed by atoms with van der Waals surface area (Å²) in [5, 5.41) is 3.47. The van der Waals surface area contributed by atoms with Crippen LogP contribution < -0.4 is 5.32 Å². The highest BCUT2D eigenvalue weighted by Crippen LogP contribution is 2.17. The lowest BCUT2D eigenvalue weighted by atomic mass is 10.0. The summed E-state index contributed by atoms with van der Waals surface area (Å²) in [6, 6.07) is 11.4. The Balaban J connectivity index is 1.98. The van der Waals surface area contributed by atoms with Crippen LogP contribution in [0.1, 0.15) is 24.6 Å². The molecule has 2 nitrogen and oxygen atoms in total. The summed E-state index contributed by atoms with van der Waals surface area (Å²) < 4.78 is 14.2. The molecule has 1 aromatic heterocycles. The van der Waals surface area contributed by atoms with E-state index >= 15 is 0 Å². The van der Waals surface area contributed by atoms with Crippen LogP contribution in [0, 0.1) is 5.82 Å². The molecule has 1 N–H and O–H groups in total. The van der Waals surface area contributed by atoms with Crippen molar-refractivity contribution in [2.75, 3.05) is 6.54 Å². The lowest BCUT2D eigenvalue weighted by Crippen LogP contribution is -2.31. The highest BCUT2D eigenvalue weighted by Gasteiger charge is 2.10. The standard InChI is InChI=1S/C17H20BrFN2/c1-2-20-17(7-6-16-5-3-4-8-21-16)11-13-9-14(18)12-15(19)10-13/h3-5,8-10,12,17,20H,2,6-7,11H2,1H3. The molecule has 1 unspecified atom stereocenters. The quantitative estimate of drug-likeness (QED) is 0.811. The van der Waals surface area contributed by atoms with Gasteiger partial charge in [-0.25, -0.2) is 4.39 Å². The molecule has 0 aliphatic carbocycles. The van der Waals surface area contributed by atoms with E-state index in [-0.39, 0.29) is 5.82 Å². The van der Waals surface area contributed by atoms with Crippen LogP contribution in [0.3, 0.4) is 0 Å². The number of rotatable bonds is 7. The van der Waals surface area contributed by atoms with Gasteiger partial charge in [0, 0.05) is 22.4 Å². The average molecular weight is 351 g/mol. The number of aromatic nitrogens is 1. The first-order valence-electron chi connectivity index (χ1n) is 7.25. The third-order valence-corrected chi connectivity index (χ3v) is 3.83. The molecular weight excluding hydrogens is 331 g/mol. The third-order valence-electron chi connectivity index (χ3n) is 3.37. The molecule has 0 saturated carbocycles. The second-order valence-corrected chi connectivity index (χ2v) is 6.01. The molecule has 0 aliphatic heterocycles. The highest BCUT2D eigenvalue weighted by molar-refractivity contribution is 9.10. The molecule has 0 amide bonds. The van der Waals surface area contributed by atoms with Crippen molar-refractivity contribution in [3.05, 3.63) is 64.1 Å². The number of pyridine rings is 1. The Hall–Kier alpha value is -1.26. The zero-order valence-corrected chi connectivity index (χ0v) is 13.7.